The minimum atomic E-state index is -0.700. The first-order chi connectivity index (χ1) is 16.6. The van der Waals surface area contributed by atoms with Crippen LogP contribution in [0.5, 0.6) is 0 Å². The third-order valence-corrected chi connectivity index (χ3v) is 7.14. The third-order valence-electron chi connectivity index (χ3n) is 7.14. The third kappa shape index (κ3) is 3.79. The molecule has 5 heteroatoms. The molecule has 1 aliphatic heterocycles. The maximum absolute atomic E-state index is 14.4. The van der Waals surface area contributed by atoms with E-state index in [0.29, 0.717) is 0 Å². The topological polar surface area (TPSA) is 48.0 Å². The molecule has 178 valence electrons. The molecular formula is C30H28F2N2O. The molecule has 0 amide bonds. The van der Waals surface area contributed by atoms with Gasteiger partial charge in [-0.3, -0.25) is 0 Å². The molecule has 2 heterocycles. The van der Waals surface area contributed by atoms with Crippen molar-refractivity contribution in [3.63, 3.8) is 0 Å². The summed E-state index contributed by atoms with van der Waals surface area (Å²) in [5.74, 6) is 4.59. The van der Waals surface area contributed by atoms with Gasteiger partial charge in [0.15, 0.2) is 0 Å². The van der Waals surface area contributed by atoms with Crippen molar-refractivity contribution < 1.29 is 13.9 Å². The monoisotopic (exact) mass is 470 g/mol. The van der Waals surface area contributed by atoms with Crippen LogP contribution in [0.1, 0.15) is 54.5 Å². The van der Waals surface area contributed by atoms with Crippen molar-refractivity contribution >= 4 is 16.6 Å². The van der Waals surface area contributed by atoms with E-state index in [1.54, 1.807) is 0 Å². The molecule has 0 saturated carbocycles. The molecule has 2 atom stereocenters. The van der Waals surface area contributed by atoms with Crippen molar-refractivity contribution in [2.75, 3.05) is 5.32 Å². The van der Waals surface area contributed by atoms with Gasteiger partial charge in [0.05, 0.1) is 22.7 Å². The fraction of sp³-hybridized carbons (Fsp3) is 0.267. The molecule has 1 aromatic heterocycles. The van der Waals surface area contributed by atoms with Gasteiger partial charge in [0.25, 0.3) is 0 Å². The Morgan fingerprint density at radius 1 is 0.971 bits per heavy atom. The van der Waals surface area contributed by atoms with E-state index < -0.39 is 23.3 Å². The molecule has 1 aliphatic rings. The second kappa shape index (κ2) is 8.25. The van der Waals surface area contributed by atoms with Gasteiger partial charge in [-0.1, -0.05) is 37.0 Å². The number of aryl methyl sites for hydroxylation is 2. The van der Waals surface area contributed by atoms with Crippen molar-refractivity contribution in [1.29, 1.82) is 0 Å². The summed E-state index contributed by atoms with van der Waals surface area (Å²) < 4.78 is 27.9. The molecular weight excluding hydrogens is 442 g/mol. The van der Waals surface area contributed by atoms with E-state index in [-0.39, 0.29) is 11.5 Å². The van der Waals surface area contributed by atoms with Crippen molar-refractivity contribution in [1.82, 2.24) is 4.98 Å². The highest BCUT2D eigenvalue weighted by Crippen LogP contribution is 2.46. The Morgan fingerprint density at radius 3 is 2.49 bits per heavy atom. The predicted octanol–water partition coefficient (Wildman–Crippen LogP) is 6.80. The van der Waals surface area contributed by atoms with E-state index >= 15 is 0 Å². The number of aliphatic hydroxyl groups excluding tert-OH is 1. The van der Waals surface area contributed by atoms with Gasteiger partial charge in [-0.15, -0.1) is 0 Å². The van der Waals surface area contributed by atoms with Crippen molar-refractivity contribution in [2.45, 2.75) is 52.2 Å². The standard InChI is InChI=1S/C30H28F2N2O/c1-16-13-24(23-8-6-7-21-17(2)15-33-28(21)23)22(12-10-19-9-11-20(31)14-25(19)32)26-18(3)29(35)30(4,5)34-27(16)26/h6-9,11,13-15,18,29,33-35H,1-5H3/t18-,29+/m1/s1. The van der Waals surface area contributed by atoms with E-state index in [4.69, 9.17) is 0 Å². The zero-order valence-corrected chi connectivity index (χ0v) is 20.5. The van der Waals surface area contributed by atoms with Gasteiger partial charge < -0.3 is 15.4 Å². The number of aromatic nitrogens is 1. The van der Waals surface area contributed by atoms with Gasteiger partial charge in [-0.25, -0.2) is 8.78 Å². The van der Waals surface area contributed by atoms with Crippen LogP contribution in [0, 0.1) is 37.3 Å². The first kappa shape index (κ1) is 23.1. The van der Waals surface area contributed by atoms with Crippen LogP contribution in [0.15, 0.2) is 48.7 Å². The summed E-state index contributed by atoms with van der Waals surface area (Å²) in [4.78, 5) is 3.39. The van der Waals surface area contributed by atoms with Crippen LogP contribution in [0.2, 0.25) is 0 Å². The maximum atomic E-state index is 14.4. The Kier molecular flexibility index (Phi) is 5.45. The van der Waals surface area contributed by atoms with E-state index in [9.17, 15) is 13.9 Å². The van der Waals surface area contributed by atoms with E-state index in [0.717, 1.165) is 56.0 Å². The summed E-state index contributed by atoms with van der Waals surface area (Å²) in [5.41, 5.74) is 7.24. The maximum Gasteiger partial charge on any atom is 0.141 e. The van der Waals surface area contributed by atoms with E-state index in [1.165, 1.54) is 12.1 Å². The summed E-state index contributed by atoms with van der Waals surface area (Å²) in [6, 6.07) is 11.6. The number of anilines is 1. The van der Waals surface area contributed by atoms with Crippen molar-refractivity contribution in [2.24, 2.45) is 0 Å². The van der Waals surface area contributed by atoms with E-state index in [2.05, 4.69) is 41.2 Å². The zero-order valence-electron chi connectivity index (χ0n) is 20.5. The highest BCUT2D eigenvalue weighted by Gasteiger charge is 2.40. The number of para-hydroxylation sites is 1. The normalized spacial score (nSPS) is 18.5. The largest absolute Gasteiger partial charge is 0.390 e. The molecule has 0 unspecified atom stereocenters. The fourth-order valence-corrected chi connectivity index (χ4v) is 5.23. The number of hydrogen-bond donors (Lipinski definition) is 3. The molecule has 0 fully saturated rings. The number of nitrogens with one attached hydrogen (secondary N) is 2. The Morgan fingerprint density at radius 2 is 1.74 bits per heavy atom. The summed E-state index contributed by atoms with van der Waals surface area (Å²) in [5, 5.41) is 15.8. The summed E-state index contributed by atoms with van der Waals surface area (Å²) >= 11 is 0. The summed E-state index contributed by atoms with van der Waals surface area (Å²) in [6.07, 6.45) is 1.33. The van der Waals surface area contributed by atoms with E-state index in [1.807, 2.05) is 46.0 Å². The average Bonchev–Trinajstić information content (AvgIpc) is 3.19. The van der Waals surface area contributed by atoms with Crippen molar-refractivity contribution in [3.05, 3.63) is 88.1 Å². The fourth-order valence-electron chi connectivity index (χ4n) is 5.23. The number of fused-ring (bicyclic) bond motifs is 2. The SMILES string of the molecule is Cc1cc(-c2cccc3c(C)c[nH]c23)c(C#Cc2ccc(F)cc2F)c2c1NC(C)(C)[C@@H](O)[C@@H]2C. The molecule has 3 aromatic carbocycles. The number of aliphatic hydroxyl groups is 1. The zero-order chi connectivity index (χ0) is 25.1. The molecule has 0 bridgehead atoms. The summed E-state index contributed by atoms with van der Waals surface area (Å²) in [7, 11) is 0. The lowest BCUT2D eigenvalue weighted by Crippen LogP contribution is -2.50. The molecule has 0 spiro atoms. The highest BCUT2D eigenvalue weighted by atomic mass is 19.1. The van der Waals surface area contributed by atoms with Crippen LogP contribution in [0.4, 0.5) is 14.5 Å². The lowest BCUT2D eigenvalue weighted by Gasteiger charge is -2.43. The number of benzene rings is 3. The molecule has 35 heavy (non-hydrogen) atoms. The molecule has 3 N–H and O–H groups in total. The number of H-pyrrole nitrogens is 1. The van der Waals surface area contributed by atoms with Gasteiger partial charge in [-0.2, -0.15) is 0 Å². The minimum absolute atomic E-state index is 0.123. The van der Waals surface area contributed by atoms with Crippen LogP contribution >= 0.6 is 0 Å². The number of halogens is 2. The molecule has 4 aromatic rings. The Balaban J connectivity index is 1.83. The Labute approximate surface area is 204 Å². The first-order valence-electron chi connectivity index (χ1n) is 11.8. The van der Waals surface area contributed by atoms with Gasteiger partial charge in [0.1, 0.15) is 11.6 Å². The minimum Gasteiger partial charge on any atom is -0.390 e. The number of rotatable bonds is 1. The summed E-state index contributed by atoms with van der Waals surface area (Å²) in [6.45, 7) is 10.1. The van der Waals surface area contributed by atoms with Crippen LogP contribution in [-0.2, 0) is 0 Å². The molecule has 0 saturated heterocycles. The smallest absolute Gasteiger partial charge is 0.141 e. The van der Waals surface area contributed by atoms with Crippen LogP contribution in [-0.4, -0.2) is 21.7 Å². The molecule has 5 rings (SSSR count). The number of aromatic amines is 1. The Hall–Kier alpha value is -3.62. The lowest BCUT2D eigenvalue weighted by atomic mass is 9.75. The van der Waals surface area contributed by atoms with Crippen LogP contribution in [0.3, 0.4) is 0 Å². The van der Waals surface area contributed by atoms with Gasteiger partial charge in [0.2, 0.25) is 0 Å². The number of hydrogen-bond acceptors (Lipinski definition) is 2. The van der Waals surface area contributed by atoms with Gasteiger partial charge in [0, 0.05) is 45.9 Å². The van der Waals surface area contributed by atoms with Gasteiger partial charge in [-0.05, 0) is 62.6 Å². The average molecular weight is 471 g/mol. The molecule has 0 radical (unpaired) electrons. The van der Waals surface area contributed by atoms with Crippen molar-refractivity contribution in [3.8, 4) is 23.0 Å². The Bertz CT molecular complexity index is 1540. The van der Waals surface area contributed by atoms with Crippen LogP contribution in [0.25, 0.3) is 22.0 Å². The highest BCUT2D eigenvalue weighted by molar-refractivity contribution is 5.98. The lowest BCUT2D eigenvalue weighted by molar-refractivity contribution is 0.0868. The predicted molar refractivity (Wildman–Crippen MR) is 138 cm³/mol. The second-order valence-corrected chi connectivity index (χ2v) is 10.1. The molecule has 3 nitrogen and oxygen atoms in total. The second-order valence-electron chi connectivity index (χ2n) is 10.1. The quantitative estimate of drug-likeness (QED) is 0.268. The van der Waals surface area contributed by atoms with Crippen LogP contribution < -0.4 is 5.32 Å². The molecule has 0 aliphatic carbocycles. The van der Waals surface area contributed by atoms with Gasteiger partial charge >= 0.3 is 0 Å². The first-order valence-corrected chi connectivity index (χ1v) is 11.8.